The van der Waals surface area contributed by atoms with Crippen molar-refractivity contribution in [3.05, 3.63) is 83.1 Å². The van der Waals surface area contributed by atoms with Crippen molar-refractivity contribution in [1.82, 2.24) is 15.0 Å². The summed E-state index contributed by atoms with van der Waals surface area (Å²) in [5, 5.41) is 17.0. The Balaban J connectivity index is 1.41. The maximum Gasteiger partial charge on any atom is 0.229 e. The number of aliphatic hydroxyl groups is 1. The van der Waals surface area contributed by atoms with Crippen molar-refractivity contribution in [1.29, 1.82) is 0 Å². The smallest absolute Gasteiger partial charge is 0.229 e. The third-order valence-electron chi connectivity index (χ3n) is 6.13. The van der Waals surface area contributed by atoms with E-state index < -0.39 is 0 Å². The summed E-state index contributed by atoms with van der Waals surface area (Å²) in [6, 6.07) is 17.7. The number of aromatic nitrogens is 3. The zero-order valence-corrected chi connectivity index (χ0v) is 20.1. The van der Waals surface area contributed by atoms with E-state index in [1.54, 1.807) is 19.5 Å². The number of benzene rings is 2. The first kappa shape index (κ1) is 23.1. The molecule has 2 aromatic heterocycles. The molecule has 4 aromatic rings. The summed E-state index contributed by atoms with van der Waals surface area (Å²) < 4.78 is 5.50. The van der Waals surface area contributed by atoms with Crippen LogP contribution < -0.4 is 15.4 Å². The van der Waals surface area contributed by atoms with E-state index in [1.807, 2.05) is 42.5 Å². The van der Waals surface area contributed by atoms with Gasteiger partial charge in [-0.1, -0.05) is 35.9 Å². The third-order valence-corrected chi connectivity index (χ3v) is 6.40. The van der Waals surface area contributed by atoms with Gasteiger partial charge in [0, 0.05) is 23.1 Å². The van der Waals surface area contributed by atoms with Gasteiger partial charge in [-0.3, -0.25) is 4.98 Å². The Labute approximate surface area is 209 Å². The van der Waals surface area contributed by atoms with Crippen LogP contribution in [0.4, 0.5) is 23.1 Å². The molecule has 8 heteroatoms. The van der Waals surface area contributed by atoms with E-state index in [4.69, 9.17) is 16.3 Å². The molecule has 1 aliphatic carbocycles. The Bertz CT molecular complexity index is 1350. The van der Waals surface area contributed by atoms with Gasteiger partial charge in [0.1, 0.15) is 16.5 Å². The summed E-state index contributed by atoms with van der Waals surface area (Å²) >= 11 is 6.45. The maximum absolute atomic E-state index is 10.00. The van der Waals surface area contributed by atoms with Crippen LogP contribution in [0.2, 0.25) is 5.02 Å². The van der Waals surface area contributed by atoms with Gasteiger partial charge in [-0.25, -0.2) is 4.98 Å². The fourth-order valence-electron chi connectivity index (χ4n) is 4.30. The summed E-state index contributed by atoms with van der Waals surface area (Å²) in [5.74, 6) is 1.58. The molecular weight excluding hydrogens is 462 g/mol. The van der Waals surface area contributed by atoms with Crippen LogP contribution in [0.25, 0.3) is 11.3 Å². The van der Waals surface area contributed by atoms with E-state index in [2.05, 4.69) is 37.7 Å². The van der Waals surface area contributed by atoms with E-state index in [-0.39, 0.29) is 6.10 Å². The number of ether oxygens (including phenoxy) is 1. The molecule has 2 heterocycles. The largest absolute Gasteiger partial charge is 0.494 e. The summed E-state index contributed by atoms with van der Waals surface area (Å²) in [6.45, 7) is 0. The first-order valence-electron chi connectivity index (χ1n) is 11.6. The monoisotopic (exact) mass is 487 g/mol. The number of hydrogen-bond acceptors (Lipinski definition) is 7. The molecule has 0 fully saturated rings. The van der Waals surface area contributed by atoms with Gasteiger partial charge in [0.2, 0.25) is 5.95 Å². The van der Waals surface area contributed by atoms with Gasteiger partial charge in [0.25, 0.3) is 0 Å². The first-order chi connectivity index (χ1) is 17.1. The first-order valence-corrected chi connectivity index (χ1v) is 11.9. The van der Waals surface area contributed by atoms with Gasteiger partial charge in [0.15, 0.2) is 5.82 Å². The zero-order valence-electron chi connectivity index (χ0n) is 19.3. The normalized spacial score (nSPS) is 15.1. The molecule has 178 valence electrons. The lowest BCUT2D eigenvalue weighted by Gasteiger charge is -2.15. The van der Waals surface area contributed by atoms with Crippen molar-refractivity contribution < 1.29 is 9.84 Å². The molecule has 1 aliphatic rings. The lowest BCUT2D eigenvalue weighted by Crippen LogP contribution is -2.05. The highest BCUT2D eigenvalue weighted by molar-refractivity contribution is 6.33. The van der Waals surface area contributed by atoms with Crippen molar-refractivity contribution in [2.24, 2.45) is 0 Å². The van der Waals surface area contributed by atoms with Crippen LogP contribution in [-0.2, 0) is 12.8 Å². The number of aliphatic hydroxyl groups excluding tert-OH is 1. The second kappa shape index (κ2) is 10.3. The fraction of sp³-hybridized carbons (Fsp3) is 0.222. The molecule has 1 atom stereocenters. The van der Waals surface area contributed by atoms with Crippen molar-refractivity contribution in [2.45, 2.75) is 31.8 Å². The molecule has 0 spiro atoms. The van der Waals surface area contributed by atoms with Crippen molar-refractivity contribution >= 4 is 34.7 Å². The molecule has 0 saturated carbocycles. The number of fused-ring (bicyclic) bond motifs is 1. The van der Waals surface area contributed by atoms with Crippen LogP contribution in [-0.4, -0.2) is 33.3 Å². The van der Waals surface area contributed by atoms with E-state index in [1.165, 1.54) is 11.1 Å². The van der Waals surface area contributed by atoms with E-state index >= 15 is 0 Å². The lowest BCUT2D eigenvalue weighted by atomic mass is 10.0. The number of anilines is 4. The number of hydrogen-bond donors (Lipinski definition) is 3. The molecule has 0 amide bonds. The fourth-order valence-corrected chi connectivity index (χ4v) is 4.43. The van der Waals surface area contributed by atoms with Crippen LogP contribution >= 0.6 is 11.6 Å². The maximum atomic E-state index is 10.00. The highest BCUT2D eigenvalue weighted by Crippen LogP contribution is 2.35. The summed E-state index contributed by atoms with van der Waals surface area (Å²) in [5.41, 5.74) is 5.80. The molecule has 7 nitrogen and oxygen atoms in total. The minimum Gasteiger partial charge on any atom is -0.494 e. The summed E-state index contributed by atoms with van der Waals surface area (Å²) in [4.78, 5) is 13.5. The van der Waals surface area contributed by atoms with Crippen LogP contribution in [0, 0.1) is 0 Å². The Hall–Kier alpha value is -3.68. The molecular formula is C27H26ClN5O2. The Morgan fingerprint density at radius 3 is 2.66 bits per heavy atom. The van der Waals surface area contributed by atoms with Gasteiger partial charge in [0.05, 0.1) is 19.4 Å². The van der Waals surface area contributed by atoms with Gasteiger partial charge >= 0.3 is 0 Å². The number of methoxy groups -OCH3 is 1. The van der Waals surface area contributed by atoms with Crippen molar-refractivity contribution in [3.8, 4) is 17.0 Å². The molecule has 2 aromatic carbocycles. The van der Waals surface area contributed by atoms with Crippen LogP contribution in [0.3, 0.4) is 0 Å². The number of rotatable bonds is 6. The average molecular weight is 488 g/mol. The van der Waals surface area contributed by atoms with Gasteiger partial charge in [-0.15, -0.1) is 0 Å². The van der Waals surface area contributed by atoms with E-state index in [0.29, 0.717) is 22.5 Å². The zero-order chi connectivity index (χ0) is 24.2. The standard InChI is InChI=1S/C27H26ClN5O2/c1-35-24-7-4-14-29-25(24)21-5-2-3-6-23(21)32-26-22(28)16-30-27(33-26)31-19-11-8-17-9-12-20(34)13-10-18(17)15-19/h2-8,11,14-16,20,34H,9-10,12-13H2,1H3,(H2,30,31,32,33). The van der Waals surface area contributed by atoms with Crippen LogP contribution in [0.5, 0.6) is 5.75 Å². The number of para-hydroxylation sites is 1. The molecule has 5 rings (SSSR count). The van der Waals surface area contributed by atoms with Gasteiger partial charge in [-0.2, -0.15) is 4.98 Å². The Morgan fingerprint density at radius 2 is 1.80 bits per heavy atom. The summed E-state index contributed by atoms with van der Waals surface area (Å²) in [6.07, 6.45) is 6.40. The Morgan fingerprint density at radius 1 is 0.971 bits per heavy atom. The predicted molar refractivity (Wildman–Crippen MR) is 139 cm³/mol. The highest BCUT2D eigenvalue weighted by Gasteiger charge is 2.16. The minimum absolute atomic E-state index is 0.235. The quantitative estimate of drug-likeness (QED) is 0.290. The number of aryl methyl sites for hydroxylation is 2. The molecule has 0 bridgehead atoms. The van der Waals surface area contributed by atoms with Gasteiger partial charge < -0.3 is 20.5 Å². The SMILES string of the molecule is COc1cccnc1-c1ccccc1Nc1nc(Nc2ccc3c(c2)CCC(O)CC3)ncc1Cl. The molecule has 0 aliphatic heterocycles. The third kappa shape index (κ3) is 5.21. The summed E-state index contributed by atoms with van der Waals surface area (Å²) in [7, 11) is 1.63. The van der Waals surface area contributed by atoms with E-state index in [9.17, 15) is 5.11 Å². The van der Waals surface area contributed by atoms with Crippen LogP contribution in [0.15, 0.2) is 67.0 Å². The Kier molecular flexibility index (Phi) is 6.79. The average Bonchev–Trinajstić information content (AvgIpc) is 3.07. The second-order valence-electron chi connectivity index (χ2n) is 8.45. The second-order valence-corrected chi connectivity index (χ2v) is 8.86. The lowest BCUT2D eigenvalue weighted by molar-refractivity contribution is 0.158. The highest BCUT2D eigenvalue weighted by atomic mass is 35.5. The number of nitrogens with zero attached hydrogens (tertiary/aromatic N) is 3. The topological polar surface area (TPSA) is 92.2 Å². The molecule has 1 unspecified atom stereocenters. The van der Waals surface area contributed by atoms with Gasteiger partial charge in [-0.05, 0) is 67.1 Å². The number of nitrogens with one attached hydrogen (secondary N) is 2. The van der Waals surface area contributed by atoms with Crippen molar-refractivity contribution in [3.63, 3.8) is 0 Å². The molecule has 0 radical (unpaired) electrons. The molecule has 0 saturated heterocycles. The number of halogens is 1. The number of pyridine rings is 1. The molecule has 3 N–H and O–H groups in total. The predicted octanol–water partition coefficient (Wildman–Crippen LogP) is 5.93. The van der Waals surface area contributed by atoms with Crippen LogP contribution in [0.1, 0.15) is 24.0 Å². The molecule has 35 heavy (non-hydrogen) atoms. The van der Waals surface area contributed by atoms with E-state index in [0.717, 1.165) is 48.3 Å². The van der Waals surface area contributed by atoms with Crippen molar-refractivity contribution in [2.75, 3.05) is 17.7 Å². The minimum atomic E-state index is -0.235.